The molecular formula is C46H48FN7O5. The van der Waals surface area contributed by atoms with Crippen molar-refractivity contribution in [1.29, 1.82) is 5.26 Å². The molecule has 59 heavy (non-hydrogen) atoms. The third-order valence-corrected chi connectivity index (χ3v) is 13.5. The number of halogens is 1. The molecule has 0 saturated carbocycles. The maximum atomic E-state index is 15.9. The molecule has 5 heterocycles. The van der Waals surface area contributed by atoms with Crippen molar-refractivity contribution in [3.8, 4) is 6.07 Å². The maximum absolute atomic E-state index is 15.9. The molecule has 0 radical (unpaired) electrons. The number of anilines is 2. The zero-order valence-electron chi connectivity index (χ0n) is 34.1. The molecule has 3 unspecified atom stereocenters. The number of rotatable bonds is 6. The van der Waals surface area contributed by atoms with E-state index < -0.39 is 40.9 Å². The van der Waals surface area contributed by atoms with Gasteiger partial charge in [-0.25, -0.2) is 4.39 Å². The topological polar surface area (TPSA) is 150 Å². The van der Waals surface area contributed by atoms with Crippen LogP contribution in [0.4, 0.5) is 15.8 Å². The Morgan fingerprint density at radius 1 is 0.881 bits per heavy atom. The molecule has 2 N–H and O–H groups in total. The normalized spacial score (nSPS) is 23.4. The Bertz CT molecular complexity index is 2530. The van der Waals surface area contributed by atoms with Gasteiger partial charge < -0.3 is 14.8 Å². The number of nitrogens with zero attached hydrogens (tertiary/aromatic N) is 5. The molecule has 3 aromatic carbocycles. The van der Waals surface area contributed by atoms with Crippen LogP contribution >= 0.6 is 0 Å². The van der Waals surface area contributed by atoms with Crippen molar-refractivity contribution >= 4 is 51.7 Å². The molecule has 4 aliphatic heterocycles. The van der Waals surface area contributed by atoms with Crippen LogP contribution in [0.25, 0.3) is 10.9 Å². The van der Waals surface area contributed by atoms with Gasteiger partial charge in [-0.3, -0.25) is 39.1 Å². The summed E-state index contributed by atoms with van der Waals surface area (Å²) in [5.41, 5.74) is 6.86. The number of nitriles is 1. The zero-order valence-corrected chi connectivity index (χ0v) is 34.1. The highest BCUT2D eigenvalue weighted by Crippen LogP contribution is 2.46. The number of fused-ring (bicyclic) bond motifs is 5. The number of aryl methyl sites for hydroxylation is 1. The molecule has 4 amide bonds. The van der Waals surface area contributed by atoms with Crippen molar-refractivity contribution in [2.45, 2.75) is 90.3 Å². The van der Waals surface area contributed by atoms with E-state index in [4.69, 9.17) is 0 Å². The number of piperidine rings is 2. The number of aromatic nitrogens is 1. The van der Waals surface area contributed by atoms with Gasteiger partial charge in [-0.15, -0.1) is 0 Å². The average molecular weight is 798 g/mol. The summed E-state index contributed by atoms with van der Waals surface area (Å²) in [5.74, 6) is -2.62. The summed E-state index contributed by atoms with van der Waals surface area (Å²) < 4.78 is 15.9. The monoisotopic (exact) mass is 797 g/mol. The van der Waals surface area contributed by atoms with E-state index in [-0.39, 0.29) is 47.5 Å². The molecule has 0 spiro atoms. The van der Waals surface area contributed by atoms with Gasteiger partial charge in [0.2, 0.25) is 11.8 Å². The number of carbonyl (C=O) groups excluding carboxylic acids is 5. The predicted octanol–water partition coefficient (Wildman–Crippen LogP) is 5.83. The first-order chi connectivity index (χ1) is 28.2. The van der Waals surface area contributed by atoms with Crippen molar-refractivity contribution in [3.05, 3.63) is 92.9 Å². The van der Waals surface area contributed by atoms with E-state index in [9.17, 15) is 29.2 Å². The average Bonchev–Trinajstić information content (AvgIpc) is 3.71. The molecule has 5 aliphatic rings. The fourth-order valence-corrected chi connectivity index (χ4v) is 10.6. The fraction of sp³-hybridized carbons (Fsp3) is 0.435. The summed E-state index contributed by atoms with van der Waals surface area (Å²) in [6.07, 6.45) is 2.88. The third kappa shape index (κ3) is 6.13. The second kappa shape index (κ2) is 14.2. The summed E-state index contributed by atoms with van der Waals surface area (Å²) in [6.45, 7) is 14.7. The van der Waals surface area contributed by atoms with Gasteiger partial charge in [0.05, 0.1) is 34.0 Å². The second-order valence-electron chi connectivity index (χ2n) is 17.6. The summed E-state index contributed by atoms with van der Waals surface area (Å²) in [4.78, 5) is 76.5. The number of hydrogen-bond donors (Lipinski definition) is 2. The lowest BCUT2D eigenvalue weighted by atomic mass is 9.70. The minimum absolute atomic E-state index is 0.0129. The molecule has 4 aromatic rings. The zero-order chi connectivity index (χ0) is 41.7. The van der Waals surface area contributed by atoms with E-state index in [1.54, 1.807) is 6.07 Å². The minimum atomic E-state index is -1.11. The van der Waals surface area contributed by atoms with E-state index in [0.717, 1.165) is 83.2 Å². The van der Waals surface area contributed by atoms with E-state index in [0.29, 0.717) is 30.1 Å². The lowest BCUT2D eigenvalue weighted by Crippen LogP contribution is -2.58. The van der Waals surface area contributed by atoms with Gasteiger partial charge in [0.1, 0.15) is 11.9 Å². The summed E-state index contributed by atoms with van der Waals surface area (Å²) in [6, 6.07) is 13.3. The molecule has 304 valence electrons. The molecule has 12 nitrogen and oxygen atoms in total. The SMILES string of the molecule is CCc1cc2c(cc1N1CCC(CN3CC(C)N(c4cc5c(cc4F)C(=O)N(C4CCC(=O)NC4=O)C5=O)C(C)C3)CC1)C(C)(C)c1[nH]c3cc(C#N)ccc3c1C2=O. The molecular weight excluding hydrogens is 750 g/mol. The quantitative estimate of drug-likeness (QED) is 0.230. The number of carbonyl (C=O) groups is 5. The van der Waals surface area contributed by atoms with Gasteiger partial charge in [0, 0.05) is 84.5 Å². The number of H-pyrrole nitrogens is 1. The Labute approximate surface area is 342 Å². The number of ketones is 1. The third-order valence-electron chi connectivity index (χ3n) is 13.5. The Balaban J connectivity index is 0.873. The number of imide groups is 2. The second-order valence-corrected chi connectivity index (χ2v) is 17.6. The van der Waals surface area contributed by atoms with Gasteiger partial charge in [0.15, 0.2) is 5.78 Å². The van der Waals surface area contributed by atoms with E-state index in [1.807, 2.05) is 17.0 Å². The number of hydrogen-bond acceptors (Lipinski definition) is 9. The number of nitrogens with one attached hydrogen (secondary N) is 2. The Morgan fingerprint density at radius 3 is 2.24 bits per heavy atom. The van der Waals surface area contributed by atoms with Gasteiger partial charge in [0.25, 0.3) is 11.8 Å². The number of aromatic amines is 1. The first-order valence-corrected chi connectivity index (χ1v) is 20.8. The van der Waals surface area contributed by atoms with Crippen LogP contribution < -0.4 is 15.1 Å². The van der Waals surface area contributed by atoms with Crippen molar-refractivity contribution in [2.24, 2.45) is 5.92 Å². The summed E-state index contributed by atoms with van der Waals surface area (Å²) in [5, 5.41) is 12.5. The summed E-state index contributed by atoms with van der Waals surface area (Å²) >= 11 is 0. The Morgan fingerprint density at radius 2 is 1.58 bits per heavy atom. The predicted molar refractivity (Wildman–Crippen MR) is 220 cm³/mol. The Kier molecular flexibility index (Phi) is 9.27. The molecule has 9 rings (SSSR count). The molecule has 3 saturated heterocycles. The van der Waals surface area contributed by atoms with Crippen molar-refractivity contribution in [3.63, 3.8) is 0 Å². The Hall–Kier alpha value is -5.87. The van der Waals surface area contributed by atoms with E-state index in [1.165, 1.54) is 11.8 Å². The van der Waals surface area contributed by atoms with Crippen LogP contribution in [0.15, 0.2) is 42.5 Å². The van der Waals surface area contributed by atoms with Gasteiger partial charge >= 0.3 is 0 Å². The molecule has 13 heteroatoms. The largest absolute Gasteiger partial charge is 0.371 e. The molecule has 1 aromatic heterocycles. The molecule has 1 aliphatic carbocycles. The first kappa shape index (κ1) is 38.6. The first-order valence-electron chi connectivity index (χ1n) is 20.8. The van der Waals surface area contributed by atoms with E-state index in [2.05, 4.69) is 72.9 Å². The van der Waals surface area contributed by atoms with Crippen LogP contribution in [0, 0.1) is 23.1 Å². The van der Waals surface area contributed by atoms with Gasteiger partial charge in [-0.2, -0.15) is 5.26 Å². The van der Waals surface area contributed by atoms with Crippen LogP contribution in [-0.2, 0) is 21.4 Å². The number of amides is 4. The lowest BCUT2D eigenvalue weighted by Gasteiger charge is -2.47. The van der Waals surface area contributed by atoms with Crippen molar-refractivity contribution in [2.75, 3.05) is 42.5 Å². The highest BCUT2D eigenvalue weighted by Gasteiger charge is 2.46. The summed E-state index contributed by atoms with van der Waals surface area (Å²) in [7, 11) is 0. The van der Waals surface area contributed by atoms with Crippen LogP contribution in [0.2, 0.25) is 0 Å². The van der Waals surface area contributed by atoms with Gasteiger partial charge in [-0.05, 0) is 93.0 Å². The fourth-order valence-electron chi connectivity index (χ4n) is 10.6. The molecule has 3 fully saturated rings. The maximum Gasteiger partial charge on any atom is 0.262 e. The highest BCUT2D eigenvalue weighted by atomic mass is 19.1. The standard InChI is InChI=1S/C46H48FN7O5/c1-6-28-16-32-33(46(4,5)42-40(41(32)56)29-8-7-27(20-48)15-35(29)49-42)19-37(28)52-13-11-26(12-14-52)23-51-21-24(2)53(25(3)22-51)38-18-31-30(17-34(38)47)44(58)54(45(31)59)36-9-10-39(55)50-43(36)57/h7-8,15-19,24-26,36,49H,6,9-14,21-23H2,1-5H3,(H,50,55,57). The van der Waals surface area contributed by atoms with Gasteiger partial charge in [-0.1, -0.05) is 26.8 Å². The van der Waals surface area contributed by atoms with Crippen LogP contribution in [-0.4, -0.2) is 95.0 Å². The number of piperazine rings is 1. The van der Waals surface area contributed by atoms with E-state index >= 15 is 4.39 Å². The van der Waals surface area contributed by atoms with Crippen molar-refractivity contribution in [1.82, 2.24) is 20.1 Å². The van der Waals surface area contributed by atoms with Crippen LogP contribution in [0.1, 0.15) is 119 Å². The smallest absolute Gasteiger partial charge is 0.262 e. The molecule has 3 atom stereocenters. The minimum Gasteiger partial charge on any atom is -0.371 e. The number of benzene rings is 3. The van der Waals surface area contributed by atoms with Crippen LogP contribution in [0.5, 0.6) is 0 Å². The lowest BCUT2D eigenvalue weighted by molar-refractivity contribution is -0.136. The van der Waals surface area contributed by atoms with Crippen LogP contribution in [0.3, 0.4) is 0 Å². The highest BCUT2D eigenvalue weighted by molar-refractivity contribution is 6.24. The van der Waals surface area contributed by atoms with Crippen molar-refractivity contribution < 1.29 is 28.4 Å². The molecule has 0 bridgehead atoms.